The number of amides is 1. The van der Waals surface area contributed by atoms with E-state index in [4.69, 9.17) is 4.74 Å². The van der Waals surface area contributed by atoms with Crippen LogP contribution in [0.3, 0.4) is 0 Å². The summed E-state index contributed by atoms with van der Waals surface area (Å²) in [6, 6.07) is 0. The lowest BCUT2D eigenvalue weighted by Crippen LogP contribution is -2.43. The van der Waals surface area contributed by atoms with E-state index in [2.05, 4.69) is 27.3 Å². The van der Waals surface area contributed by atoms with Gasteiger partial charge in [-0.2, -0.15) is 5.10 Å². The minimum absolute atomic E-state index is 0.210. The van der Waals surface area contributed by atoms with Crippen LogP contribution in [0.15, 0.2) is 12.2 Å². The van der Waals surface area contributed by atoms with Crippen LogP contribution in [0.2, 0.25) is 0 Å². The van der Waals surface area contributed by atoms with Crippen LogP contribution in [0.4, 0.5) is 0 Å². The van der Waals surface area contributed by atoms with E-state index in [1.54, 1.807) is 0 Å². The molecule has 1 aliphatic carbocycles. The summed E-state index contributed by atoms with van der Waals surface area (Å²) in [7, 11) is 0. The zero-order chi connectivity index (χ0) is 13.9. The highest BCUT2D eigenvalue weighted by molar-refractivity contribution is 5.76. The minimum Gasteiger partial charge on any atom is -0.366 e. The van der Waals surface area contributed by atoms with Gasteiger partial charge in [0.05, 0.1) is 13.2 Å². The number of rotatable bonds is 3. The van der Waals surface area contributed by atoms with Crippen LogP contribution in [0.5, 0.6) is 0 Å². The Bertz CT molecular complexity index is 511. The molecule has 20 heavy (non-hydrogen) atoms. The zero-order valence-electron chi connectivity index (χ0n) is 11.7. The van der Waals surface area contributed by atoms with Crippen molar-refractivity contribution < 1.29 is 9.53 Å². The highest BCUT2D eigenvalue weighted by Gasteiger charge is 2.28. The Labute approximate surface area is 118 Å². The molecule has 1 saturated heterocycles. The van der Waals surface area contributed by atoms with Crippen LogP contribution < -0.4 is 0 Å². The number of ether oxygens (including phenoxy) is 1. The highest BCUT2D eigenvalue weighted by atomic mass is 16.5. The van der Waals surface area contributed by atoms with E-state index in [0.717, 1.165) is 18.7 Å². The van der Waals surface area contributed by atoms with Crippen LogP contribution in [-0.4, -0.2) is 45.7 Å². The number of aromatic amines is 1. The molecule has 1 aliphatic heterocycles. The zero-order valence-corrected chi connectivity index (χ0v) is 11.7. The Kier molecular flexibility index (Phi) is 3.82. The predicted molar refractivity (Wildman–Crippen MR) is 72.9 cm³/mol. The lowest BCUT2D eigenvalue weighted by Gasteiger charge is -2.32. The van der Waals surface area contributed by atoms with Gasteiger partial charge in [0.2, 0.25) is 5.91 Å². The van der Waals surface area contributed by atoms with Gasteiger partial charge >= 0.3 is 0 Å². The summed E-state index contributed by atoms with van der Waals surface area (Å²) in [5.41, 5.74) is 0. The molecule has 0 aromatic carbocycles. The molecule has 1 fully saturated rings. The van der Waals surface area contributed by atoms with Gasteiger partial charge in [0.1, 0.15) is 11.9 Å². The summed E-state index contributed by atoms with van der Waals surface area (Å²) < 4.78 is 5.67. The van der Waals surface area contributed by atoms with Crippen molar-refractivity contribution in [2.75, 3.05) is 19.7 Å². The first kappa shape index (κ1) is 13.3. The molecule has 3 rings (SSSR count). The van der Waals surface area contributed by atoms with E-state index < -0.39 is 0 Å². The Morgan fingerprint density at radius 2 is 2.50 bits per heavy atom. The molecule has 0 unspecified atom stereocenters. The quantitative estimate of drug-likeness (QED) is 0.846. The number of allylic oxidation sites excluding steroid dienone is 2. The molecule has 1 aromatic heterocycles. The molecule has 2 heterocycles. The third-order valence-corrected chi connectivity index (χ3v) is 3.87. The van der Waals surface area contributed by atoms with Crippen molar-refractivity contribution in [3.05, 3.63) is 23.8 Å². The van der Waals surface area contributed by atoms with E-state index in [0.29, 0.717) is 37.9 Å². The second-order valence-electron chi connectivity index (χ2n) is 5.45. The second kappa shape index (κ2) is 5.75. The maximum Gasteiger partial charge on any atom is 0.223 e. The van der Waals surface area contributed by atoms with Gasteiger partial charge < -0.3 is 9.64 Å². The van der Waals surface area contributed by atoms with E-state index >= 15 is 0 Å². The highest BCUT2D eigenvalue weighted by Crippen LogP contribution is 2.24. The maximum absolute atomic E-state index is 12.3. The SMILES string of the molecule is Cc1nc([C@H]2CN(C(=O)C[C@@H]3C=CCC3)CCO2)n[nH]1. The largest absolute Gasteiger partial charge is 0.366 e. The van der Waals surface area contributed by atoms with Crippen molar-refractivity contribution in [2.45, 2.75) is 32.3 Å². The average molecular weight is 276 g/mol. The van der Waals surface area contributed by atoms with Crippen molar-refractivity contribution in [3.8, 4) is 0 Å². The van der Waals surface area contributed by atoms with Gasteiger partial charge in [-0.3, -0.25) is 9.89 Å². The molecule has 0 radical (unpaired) electrons. The number of carbonyl (C=O) groups is 1. The normalized spacial score (nSPS) is 26.1. The summed E-state index contributed by atoms with van der Waals surface area (Å²) in [6.45, 7) is 3.61. The lowest BCUT2D eigenvalue weighted by molar-refractivity contribution is -0.140. The predicted octanol–water partition coefficient (Wildman–Crippen LogP) is 1.37. The van der Waals surface area contributed by atoms with E-state index in [1.165, 1.54) is 0 Å². The van der Waals surface area contributed by atoms with Crippen LogP contribution in [-0.2, 0) is 9.53 Å². The fourth-order valence-electron chi connectivity index (χ4n) is 2.75. The number of aryl methyl sites for hydroxylation is 1. The van der Waals surface area contributed by atoms with Crippen molar-refractivity contribution in [2.24, 2.45) is 5.92 Å². The van der Waals surface area contributed by atoms with Gasteiger partial charge in [-0.25, -0.2) is 4.98 Å². The molecule has 2 aliphatic rings. The topological polar surface area (TPSA) is 71.1 Å². The number of hydrogen-bond donors (Lipinski definition) is 1. The summed E-state index contributed by atoms with van der Waals surface area (Å²) in [5, 5.41) is 6.94. The first-order valence-corrected chi connectivity index (χ1v) is 7.17. The number of nitrogens with one attached hydrogen (secondary N) is 1. The molecular formula is C14H20N4O2. The second-order valence-corrected chi connectivity index (χ2v) is 5.45. The van der Waals surface area contributed by atoms with Crippen molar-refractivity contribution >= 4 is 5.91 Å². The summed E-state index contributed by atoms with van der Waals surface area (Å²) in [5.74, 6) is 2.03. The fourth-order valence-corrected chi connectivity index (χ4v) is 2.75. The molecule has 6 nitrogen and oxygen atoms in total. The molecule has 1 N–H and O–H groups in total. The van der Waals surface area contributed by atoms with Gasteiger partial charge in [0, 0.05) is 13.0 Å². The smallest absolute Gasteiger partial charge is 0.223 e. The molecule has 2 atom stereocenters. The van der Waals surface area contributed by atoms with E-state index in [-0.39, 0.29) is 12.0 Å². The third kappa shape index (κ3) is 2.90. The van der Waals surface area contributed by atoms with Gasteiger partial charge in [0.25, 0.3) is 0 Å². The van der Waals surface area contributed by atoms with Crippen LogP contribution >= 0.6 is 0 Å². The first-order valence-electron chi connectivity index (χ1n) is 7.17. The molecule has 6 heteroatoms. The third-order valence-electron chi connectivity index (χ3n) is 3.87. The number of H-pyrrole nitrogens is 1. The summed E-state index contributed by atoms with van der Waals surface area (Å²) in [6.07, 6.45) is 6.91. The number of aromatic nitrogens is 3. The van der Waals surface area contributed by atoms with Gasteiger partial charge in [-0.05, 0) is 25.7 Å². The summed E-state index contributed by atoms with van der Waals surface area (Å²) in [4.78, 5) is 18.5. The Morgan fingerprint density at radius 1 is 1.60 bits per heavy atom. The van der Waals surface area contributed by atoms with Crippen LogP contribution in [0.1, 0.15) is 37.0 Å². The Morgan fingerprint density at radius 3 is 3.20 bits per heavy atom. The summed E-state index contributed by atoms with van der Waals surface area (Å²) >= 11 is 0. The number of nitrogens with zero attached hydrogens (tertiary/aromatic N) is 3. The van der Waals surface area contributed by atoms with Crippen molar-refractivity contribution in [1.82, 2.24) is 20.1 Å². The van der Waals surface area contributed by atoms with Crippen LogP contribution in [0, 0.1) is 12.8 Å². The molecule has 0 saturated carbocycles. The maximum atomic E-state index is 12.3. The molecule has 1 amide bonds. The van der Waals surface area contributed by atoms with E-state index in [9.17, 15) is 4.79 Å². The van der Waals surface area contributed by atoms with Gasteiger partial charge in [-0.15, -0.1) is 0 Å². The van der Waals surface area contributed by atoms with Gasteiger partial charge in [0.15, 0.2) is 5.82 Å². The number of morpholine rings is 1. The molecule has 0 spiro atoms. The molecule has 108 valence electrons. The average Bonchev–Trinajstić information content (AvgIpc) is 3.10. The number of hydrogen-bond acceptors (Lipinski definition) is 4. The Hall–Kier alpha value is -1.69. The molecule has 0 bridgehead atoms. The van der Waals surface area contributed by atoms with Crippen LogP contribution in [0.25, 0.3) is 0 Å². The minimum atomic E-state index is -0.211. The van der Waals surface area contributed by atoms with E-state index in [1.807, 2.05) is 11.8 Å². The first-order chi connectivity index (χ1) is 9.72. The monoisotopic (exact) mass is 276 g/mol. The van der Waals surface area contributed by atoms with Gasteiger partial charge in [-0.1, -0.05) is 12.2 Å². The van der Waals surface area contributed by atoms with Crippen molar-refractivity contribution in [1.29, 1.82) is 0 Å². The lowest BCUT2D eigenvalue weighted by atomic mass is 10.0. The fraction of sp³-hybridized carbons (Fsp3) is 0.643. The Balaban J connectivity index is 1.59. The molecular weight excluding hydrogens is 256 g/mol. The number of carbonyl (C=O) groups excluding carboxylic acids is 1. The standard InChI is InChI=1S/C14H20N4O2/c1-10-15-14(17-16-10)12-9-18(6-7-20-12)13(19)8-11-4-2-3-5-11/h2,4,11-12H,3,5-9H2,1H3,(H,15,16,17)/t11-,12-/m1/s1. The molecule has 1 aromatic rings. The van der Waals surface area contributed by atoms with Crippen molar-refractivity contribution in [3.63, 3.8) is 0 Å².